The number of hydrogen-bond donors (Lipinski definition) is 1. The zero-order valence-electron chi connectivity index (χ0n) is 29.7. The highest BCUT2D eigenvalue weighted by Crippen LogP contribution is 2.44. The van der Waals surface area contributed by atoms with E-state index in [-0.39, 0.29) is 64.0 Å². The van der Waals surface area contributed by atoms with Crippen LogP contribution in [0.1, 0.15) is 52.0 Å². The summed E-state index contributed by atoms with van der Waals surface area (Å²) in [6, 6.07) is 12.6. The van der Waals surface area contributed by atoms with Crippen molar-refractivity contribution in [2.75, 3.05) is 70.3 Å². The van der Waals surface area contributed by atoms with Crippen LogP contribution in [0.25, 0.3) is 11.1 Å². The topological polar surface area (TPSA) is 104 Å². The van der Waals surface area contributed by atoms with Crippen molar-refractivity contribution in [1.82, 2.24) is 9.80 Å². The van der Waals surface area contributed by atoms with E-state index in [1.54, 1.807) is 32.4 Å². The quantitative estimate of drug-likeness (QED) is 0.258. The number of para-hydroxylation sites is 1. The first-order chi connectivity index (χ1) is 25.7. The Kier molecular flexibility index (Phi) is 10.2. The SMILES string of the molecule is COCC(COC)N1C2CCC1CN(c1cc(Cl)c(C(=O)N3COc4c(cccc4-c4cc(N5C6CCC5COC6)c(C(=O)O)cc4F)C3)c(Cl)c1)C2. The minimum Gasteiger partial charge on any atom is -0.478 e. The summed E-state index contributed by atoms with van der Waals surface area (Å²) in [4.78, 5) is 34.7. The van der Waals surface area contributed by atoms with Crippen molar-refractivity contribution < 1.29 is 38.0 Å². The lowest BCUT2D eigenvalue weighted by molar-refractivity contribution is 0.00505. The van der Waals surface area contributed by atoms with Gasteiger partial charge in [0, 0.05) is 61.8 Å². The summed E-state index contributed by atoms with van der Waals surface area (Å²) in [5, 5.41) is 10.5. The first-order valence-corrected chi connectivity index (χ1v) is 18.9. The summed E-state index contributed by atoms with van der Waals surface area (Å²) in [6.07, 6.45) is 3.92. The normalized spacial score (nSPS) is 23.8. The van der Waals surface area contributed by atoms with Gasteiger partial charge in [-0.1, -0.05) is 41.4 Å². The van der Waals surface area contributed by atoms with Gasteiger partial charge in [-0.3, -0.25) is 9.69 Å². The van der Waals surface area contributed by atoms with Gasteiger partial charge in [-0.15, -0.1) is 0 Å². The third kappa shape index (κ3) is 6.61. The van der Waals surface area contributed by atoms with Crippen molar-refractivity contribution in [1.29, 1.82) is 0 Å². The number of hydrogen-bond acceptors (Lipinski definition) is 9. The molecule has 53 heavy (non-hydrogen) atoms. The molecule has 8 rings (SSSR count). The Morgan fingerprint density at radius 3 is 2.19 bits per heavy atom. The lowest BCUT2D eigenvalue weighted by atomic mass is 9.96. The first kappa shape index (κ1) is 36.3. The third-order valence-corrected chi connectivity index (χ3v) is 12.1. The van der Waals surface area contributed by atoms with Crippen LogP contribution in [0, 0.1) is 5.82 Å². The van der Waals surface area contributed by atoms with Crippen molar-refractivity contribution in [3.63, 3.8) is 0 Å². The Bertz CT molecular complexity index is 1860. The highest BCUT2D eigenvalue weighted by Gasteiger charge is 2.44. The number of nitrogens with zero attached hydrogens (tertiary/aromatic N) is 4. The third-order valence-electron chi connectivity index (χ3n) is 11.5. The smallest absolute Gasteiger partial charge is 0.337 e. The van der Waals surface area contributed by atoms with Crippen molar-refractivity contribution in [2.24, 2.45) is 0 Å². The van der Waals surface area contributed by atoms with Crippen LogP contribution in [0.5, 0.6) is 5.75 Å². The van der Waals surface area contributed by atoms with Gasteiger partial charge in [-0.2, -0.15) is 0 Å². The summed E-state index contributed by atoms with van der Waals surface area (Å²) in [7, 11) is 3.44. The lowest BCUT2D eigenvalue weighted by Crippen LogP contribution is -2.59. The van der Waals surface area contributed by atoms with E-state index in [0.717, 1.165) is 50.5 Å². The molecule has 3 aromatic carbocycles. The largest absolute Gasteiger partial charge is 0.478 e. The van der Waals surface area contributed by atoms with Gasteiger partial charge in [-0.05, 0) is 49.9 Å². The van der Waals surface area contributed by atoms with Gasteiger partial charge >= 0.3 is 5.97 Å². The molecule has 282 valence electrons. The fourth-order valence-electron chi connectivity index (χ4n) is 9.24. The number of aromatic carboxylic acids is 1. The van der Waals surface area contributed by atoms with E-state index in [2.05, 4.69) is 14.7 Å². The van der Waals surface area contributed by atoms with Crippen LogP contribution in [-0.2, 0) is 20.8 Å². The molecule has 0 saturated carbocycles. The Balaban J connectivity index is 1.02. The minimum atomic E-state index is -1.19. The molecule has 5 heterocycles. The summed E-state index contributed by atoms with van der Waals surface area (Å²) < 4.78 is 38.7. The Labute approximate surface area is 318 Å². The van der Waals surface area contributed by atoms with Crippen LogP contribution in [0.4, 0.5) is 15.8 Å². The molecule has 4 saturated heterocycles. The van der Waals surface area contributed by atoms with Crippen molar-refractivity contribution in [3.8, 4) is 16.9 Å². The van der Waals surface area contributed by atoms with Crippen LogP contribution >= 0.6 is 23.2 Å². The number of carboxylic acid groups (broad SMARTS) is 1. The second-order valence-corrected chi connectivity index (χ2v) is 15.5. The molecule has 0 aliphatic carbocycles. The number of carboxylic acids is 1. The first-order valence-electron chi connectivity index (χ1n) is 18.1. The zero-order chi connectivity index (χ0) is 37.0. The molecule has 5 aliphatic rings. The van der Waals surface area contributed by atoms with E-state index in [9.17, 15) is 14.7 Å². The van der Waals surface area contributed by atoms with Gasteiger partial charge in [0.25, 0.3) is 5.91 Å². The van der Waals surface area contributed by atoms with E-state index >= 15 is 4.39 Å². The average Bonchev–Trinajstić information content (AvgIpc) is 3.54. The van der Waals surface area contributed by atoms with Crippen LogP contribution in [-0.4, -0.2) is 117 Å². The molecule has 3 aromatic rings. The van der Waals surface area contributed by atoms with Crippen LogP contribution in [0.3, 0.4) is 0 Å². The second-order valence-electron chi connectivity index (χ2n) is 14.6. The number of fused-ring (bicyclic) bond motifs is 5. The van der Waals surface area contributed by atoms with Gasteiger partial charge in [-0.25, -0.2) is 9.18 Å². The standard InChI is InChI=1S/C39H43Cl2FN4O7/c1-50-17-28(18-51-2)45-23-6-7-24(45)16-43(15-23)27-10-32(40)36(33(41)11-27)38(47)44-14-22-4-3-5-29(37(22)53-21-44)30-13-35(31(39(48)49)12-34(30)42)46-25-8-9-26(46)20-52-19-25/h3-5,10-13,23-26,28H,6-9,14-21H2,1-2H3,(H,48,49). The van der Waals surface area contributed by atoms with Gasteiger partial charge in [0.05, 0.1) is 78.0 Å². The van der Waals surface area contributed by atoms with Crippen molar-refractivity contribution in [3.05, 3.63) is 75.0 Å². The molecule has 0 spiro atoms. The van der Waals surface area contributed by atoms with Crippen LogP contribution in [0.2, 0.25) is 10.0 Å². The lowest BCUT2D eigenvalue weighted by Gasteiger charge is -2.45. The fourth-order valence-corrected chi connectivity index (χ4v) is 9.88. The van der Waals surface area contributed by atoms with E-state index < -0.39 is 11.8 Å². The van der Waals surface area contributed by atoms with E-state index in [4.69, 9.17) is 42.1 Å². The maximum Gasteiger partial charge on any atom is 0.337 e. The maximum absolute atomic E-state index is 15.8. The van der Waals surface area contributed by atoms with Crippen LogP contribution in [0.15, 0.2) is 42.5 Å². The number of rotatable bonds is 10. The predicted octanol–water partition coefficient (Wildman–Crippen LogP) is 6.17. The van der Waals surface area contributed by atoms with Crippen LogP contribution < -0.4 is 14.5 Å². The summed E-state index contributed by atoms with van der Waals surface area (Å²) in [5.74, 6) is -1.79. The molecule has 1 amide bonds. The highest BCUT2D eigenvalue weighted by atomic mass is 35.5. The summed E-state index contributed by atoms with van der Waals surface area (Å²) >= 11 is 13.7. The molecule has 0 radical (unpaired) electrons. The molecular formula is C39H43Cl2FN4O7. The molecule has 14 heteroatoms. The van der Waals surface area contributed by atoms with Crippen molar-refractivity contribution >= 4 is 46.5 Å². The van der Waals surface area contributed by atoms with E-state index in [1.165, 1.54) is 4.90 Å². The van der Waals surface area contributed by atoms with Gasteiger partial charge in [0.1, 0.15) is 11.6 Å². The number of ether oxygens (including phenoxy) is 4. The second kappa shape index (κ2) is 14.9. The number of benzene rings is 3. The molecule has 0 aromatic heterocycles. The number of carbonyl (C=O) groups excluding carboxylic acids is 1. The number of carbonyl (C=O) groups is 2. The monoisotopic (exact) mass is 768 g/mol. The molecule has 11 nitrogen and oxygen atoms in total. The fraction of sp³-hybridized carbons (Fsp3) is 0.487. The van der Waals surface area contributed by atoms with E-state index in [1.807, 2.05) is 18.2 Å². The number of methoxy groups -OCH3 is 2. The molecule has 4 fully saturated rings. The molecule has 4 bridgehead atoms. The Morgan fingerprint density at radius 2 is 1.57 bits per heavy atom. The number of morpholine rings is 1. The Morgan fingerprint density at radius 1 is 0.925 bits per heavy atom. The number of piperazine rings is 1. The number of anilines is 2. The van der Waals surface area contributed by atoms with Gasteiger partial charge < -0.3 is 38.8 Å². The predicted molar refractivity (Wildman–Crippen MR) is 199 cm³/mol. The zero-order valence-corrected chi connectivity index (χ0v) is 31.2. The Hall–Kier alpha value is -3.65. The summed E-state index contributed by atoms with van der Waals surface area (Å²) in [5.41, 5.74) is 2.84. The molecule has 4 atom stereocenters. The summed E-state index contributed by atoms with van der Waals surface area (Å²) in [6.45, 7) is 3.88. The van der Waals surface area contributed by atoms with Gasteiger partial charge in [0.2, 0.25) is 0 Å². The van der Waals surface area contributed by atoms with Crippen molar-refractivity contribution in [2.45, 2.75) is 62.4 Å². The molecular weight excluding hydrogens is 726 g/mol. The minimum absolute atomic E-state index is 0.0265. The molecule has 4 unspecified atom stereocenters. The van der Waals surface area contributed by atoms with Gasteiger partial charge in [0.15, 0.2) is 6.73 Å². The molecule has 5 aliphatic heterocycles. The maximum atomic E-state index is 15.8. The average molecular weight is 770 g/mol. The highest BCUT2D eigenvalue weighted by molar-refractivity contribution is 6.40. The molecule has 1 N–H and O–H groups in total. The number of halogens is 3. The van der Waals surface area contributed by atoms with E-state index in [0.29, 0.717) is 61.1 Å². The number of amides is 1.